The minimum atomic E-state index is -0.216. The Morgan fingerprint density at radius 1 is 1.00 bits per heavy atom. The Morgan fingerprint density at radius 3 is 2.32 bits per heavy atom. The highest BCUT2D eigenvalue weighted by molar-refractivity contribution is 5.72. The van der Waals surface area contributed by atoms with Crippen LogP contribution in [0.25, 0.3) is 16.8 Å². The van der Waals surface area contributed by atoms with Crippen LogP contribution in [0.4, 0.5) is 0 Å². The largest absolute Gasteiger partial charge is 0.508 e. The van der Waals surface area contributed by atoms with Crippen LogP contribution in [-0.4, -0.2) is 19.6 Å². The van der Waals surface area contributed by atoms with Gasteiger partial charge in [0.25, 0.3) is 5.56 Å². The highest BCUT2D eigenvalue weighted by Crippen LogP contribution is 2.32. The van der Waals surface area contributed by atoms with E-state index in [9.17, 15) is 15.0 Å². The van der Waals surface area contributed by atoms with Crippen LogP contribution in [0, 0.1) is 6.92 Å². The molecule has 22 heavy (non-hydrogen) atoms. The molecule has 0 atom stereocenters. The molecule has 0 saturated heterocycles. The molecule has 3 aromatic rings. The third-order valence-corrected chi connectivity index (χ3v) is 3.80. The Balaban J connectivity index is 2.30. The lowest BCUT2D eigenvalue weighted by molar-refractivity contribution is 0.452. The predicted octanol–water partition coefficient (Wildman–Crippen LogP) is 2.56. The molecule has 0 amide bonds. The number of aromatic nitrogens is 2. The molecule has 0 fully saturated rings. The van der Waals surface area contributed by atoms with E-state index in [1.54, 1.807) is 22.5 Å². The monoisotopic (exact) mass is 296 g/mol. The van der Waals surface area contributed by atoms with Gasteiger partial charge in [-0.05, 0) is 31.2 Å². The molecule has 1 aromatic heterocycles. The van der Waals surface area contributed by atoms with Gasteiger partial charge in [0.15, 0.2) is 0 Å². The third-order valence-electron chi connectivity index (χ3n) is 3.80. The number of hydrogen-bond acceptors (Lipinski definition) is 3. The van der Waals surface area contributed by atoms with Gasteiger partial charge in [-0.25, -0.2) is 4.68 Å². The fraction of sp³-hybridized carbons (Fsp3) is 0.118. The second kappa shape index (κ2) is 5.11. The summed E-state index contributed by atoms with van der Waals surface area (Å²) in [6.45, 7) is 1.82. The molecule has 5 heteroatoms. The van der Waals surface area contributed by atoms with Crippen LogP contribution >= 0.6 is 0 Å². The molecule has 3 rings (SSSR count). The first kappa shape index (κ1) is 14.0. The molecule has 1 heterocycles. The minimum absolute atomic E-state index is 0.0433. The molecule has 0 bridgehead atoms. The molecule has 2 N–H and O–H groups in total. The van der Waals surface area contributed by atoms with E-state index >= 15 is 0 Å². The van der Waals surface area contributed by atoms with E-state index in [2.05, 4.69) is 0 Å². The molecule has 0 aliphatic rings. The summed E-state index contributed by atoms with van der Waals surface area (Å²) < 4.78 is 3.30. The highest BCUT2D eigenvalue weighted by Gasteiger charge is 2.19. The average Bonchev–Trinajstić information content (AvgIpc) is 2.71. The number of hydrogen-bond donors (Lipinski definition) is 2. The van der Waals surface area contributed by atoms with Gasteiger partial charge in [-0.2, -0.15) is 0 Å². The third kappa shape index (κ3) is 2.07. The van der Waals surface area contributed by atoms with Gasteiger partial charge in [-0.3, -0.25) is 9.48 Å². The van der Waals surface area contributed by atoms with Crippen LogP contribution in [0.3, 0.4) is 0 Å². The van der Waals surface area contributed by atoms with Gasteiger partial charge in [0.1, 0.15) is 11.5 Å². The van der Waals surface area contributed by atoms with Crippen LogP contribution in [0.1, 0.15) is 5.69 Å². The van der Waals surface area contributed by atoms with E-state index in [1.165, 1.54) is 12.1 Å². The van der Waals surface area contributed by atoms with E-state index in [4.69, 9.17) is 0 Å². The van der Waals surface area contributed by atoms with E-state index in [1.807, 2.05) is 37.3 Å². The van der Waals surface area contributed by atoms with Crippen molar-refractivity contribution in [3.8, 4) is 28.3 Å². The van der Waals surface area contributed by atoms with Crippen molar-refractivity contribution in [3.63, 3.8) is 0 Å². The van der Waals surface area contributed by atoms with Crippen molar-refractivity contribution in [2.75, 3.05) is 0 Å². The normalized spacial score (nSPS) is 10.8. The molecule has 0 unspecified atom stereocenters. The Morgan fingerprint density at radius 2 is 1.68 bits per heavy atom. The summed E-state index contributed by atoms with van der Waals surface area (Å²) in [5, 5.41) is 19.5. The predicted molar refractivity (Wildman–Crippen MR) is 84.5 cm³/mol. The first-order valence-corrected chi connectivity index (χ1v) is 6.87. The van der Waals surface area contributed by atoms with Crippen LogP contribution in [0.5, 0.6) is 11.5 Å². The summed E-state index contributed by atoms with van der Waals surface area (Å²) in [5.41, 5.74) is 2.10. The molecule has 2 aromatic carbocycles. The standard InChI is InChI=1S/C17H16N2O3/c1-11-16(14-9-8-13(20)10-15(14)21)17(22)19(18(11)2)12-6-4-3-5-7-12/h3-10,20-21H,1-2H3. The van der Waals surface area contributed by atoms with Gasteiger partial charge in [0.05, 0.1) is 11.3 Å². The molecule has 5 nitrogen and oxygen atoms in total. The summed E-state index contributed by atoms with van der Waals surface area (Å²) in [6, 6.07) is 13.5. The molecule has 0 aliphatic carbocycles. The van der Waals surface area contributed by atoms with Gasteiger partial charge in [0.2, 0.25) is 0 Å². The fourth-order valence-electron chi connectivity index (χ4n) is 2.61. The molecule has 0 saturated carbocycles. The maximum atomic E-state index is 12.8. The second-order valence-corrected chi connectivity index (χ2v) is 5.14. The number of phenolic OH excluding ortho intramolecular Hbond substituents is 2. The Kier molecular flexibility index (Phi) is 3.25. The lowest BCUT2D eigenvalue weighted by atomic mass is 10.1. The molecular formula is C17H16N2O3. The summed E-state index contributed by atoms with van der Waals surface area (Å²) in [5.74, 6) is -0.163. The van der Waals surface area contributed by atoms with Crippen molar-refractivity contribution in [1.29, 1.82) is 0 Å². The van der Waals surface area contributed by atoms with Gasteiger partial charge in [-0.1, -0.05) is 18.2 Å². The Labute approximate surface area is 127 Å². The summed E-state index contributed by atoms with van der Waals surface area (Å²) >= 11 is 0. The van der Waals surface area contributed by atoms with E-state index in [-0.39, 0.29) is 17.1 Å². The molecule has 0 aliphatic heterocycles. The maximum absolute atomic E-state index is 12.8. The van der Waals surface area contributed by atoms with Crippen molar-refractivity contribution < 1.29 is 10.2 Å². The maximum Gasteiger partial charge on any atom is 0.279 e. The van der Waals surface area contributed by atoms with Gasteiger partial charge >= 0.3 is 0 Å². The Bertz CT molecular complexity index is 892. The second-order valence-electron chi connectivity index (χ2n) is 5.14. The van der Waals surface area contributed by atoms with Crippen molar-refractivity contribution in [2.45, 2.75) is 6.92 Å². The van der Waals surface area contributed by atoms with E-state index in [0.717, 1.165) is 11.4 Å². The number of aromatic hydroxyl groups is 2. The first-order valence-electron chi connectivity index (χ1n) is 6.87. The van der Waals surface area contributed by atoms with Crippen molar-refractivity contribution in [1.82, 2.24) is 9.36 Å². The molecular weight excluding hydrogens is 280 g/mol. The first-order chi connectivity index (χ1) is 10.5. The SMILES string of the molecule is Cc1c(-c2ccc(O)cc2O)c(=O)n(-c2ccccc2)n1C. The number of para-hydroxylation sites is 1. The van der Waals surface area contributed by atoms with Crippen molar-refractivity contribution >= 4 is 0 Å². The van der Waals surface area contributed by atoms with Gasteiger partial charge in [0, 0.05) is 24.4 Å². The smallest absolute Gasteiger partial charge is 0.279 e. The van der Waals surface area contributed by atoms with Gasteiger partial charge < -0.3 is 10.2 Å². The lowest BCUT2D eigenvalue weighted by Gasteiger charge is -2.07. The quantitative estimate of drug-likeness (QED) is 0.763. The van der Waals surface area contributed by atoms with Gasteiger partial charge in [-0.15, -0.1) is 0 Å². The summed E-state index contributed by atoms with van der Waals surface area (Å²) in [4.78, 5) is 12.8. The van der Waals surface area contributed by atoms with Crippen molar-refractivity contribution in [2.24, 2.45) is 7.05 Å². The van der Waals surface area contributed by atoms with Crippen LogP contribution in [0.2, 0.25) is 0 Å². The number of nitrogens with zero attached hydrogens (tertiary/aromatic N) is 2. The van der Waals surface area contributed by atoms with E-state index in [0.29, 0.717) is 11.1 Å². The van der Waals surface area contributed by atoms with Crippen LogP contribution in [-0.2, 0) is 7.05 Å². The zero-order valence-electron chi connectivity index (χ0n) is 12.3. The molecule has 0 spiro atoms. The van der Waals surface area contributed by atoms with Crippen LogP contribution in [0.15, 0.2) is 53.3 Å². The zero-order chi connectivity index (χ0) is 15.9. The number of benzene rings is 2. The summed E-state index contributed by atoms with van der Waals surface area (Å²) in [7, 11) is 1.80. The number of rotatable bonds is 2. The molecule has 112 valence electrons. The van der Waals surface area contributed by atoms with E-state index < -0.39 is 0 Å². The van der Waals surface area contributed by atoms with Crippen LogP contribution < -0.4 is 5.56 Å². The van der Waals surface area contributed by atoms with Crippen molar-refractivity contribution in [3.05, 3.63) is 64.6 Å². The number of phenols is 2. The zero-order valence-corrected chi connectivity index (χ0v) is 12.3. The topological polar surface area (TPSA) is 67.4 Å². The Hall–Kier alpha value is -2.95. The fourth-order valence-corrected chi connectivity index (χ4v) is 2.61. The highest BCUT2D eigenvalue weighted by atomic mass is 16.3. The molecule has 0 radical (unpaired) electrons. The average molecular weight is 296 g/mol. The summed E-state index contributed by atoms with van der Waals surface area (Å²) in [6.07, 6.45) is 0. The lowest BCUT2D eigenvalue weighted by Crippen LogP contribution is -2.20. The minimum Gasteiger partial charge on any atom is -0.508 e.